The van der Waals surface area contributed by atoms with Gasteiger partial charge in [0.1, 0.15) is 12.2 Å². The number of aliphatic carboxylic acids is 1. The average Bonchev–Trinajstić information content (AvgIpc) is 2.67. The second-order valence-electron chi connectivity index (χ2n) is 4.09. The van der Waals surface area contributed by atoms with Gasteiger partial charge >= 0.3 is 5.97 Å². The molecule has 1 aromatic rings. The minimum Gasteiger partial charge on any atom is -0.480 e. The highest BCUT2D eigenvalue weighted by molar-refractivity contribution is 6.03. The molecule has 2 rings (SSSR count). The van der Waals surface area contributed by atoms with E-state index in [1.165, 1.54) is 11.0 Å². The third-order valence-corrected chi connectivity index (χ3v) is 3.03. The number of ether oxygens (including phenoxy) is 1. The van der Waals surface area contributed by atoms with E-state index in [4.69, 9.17) is 4.74 Å². The Balaban J connectivity index is 2.32. The number of hydrogen-bond acceptors (Lipinski definition) is 5. The molecule has 92 valence electrons. The van der Waals surface area contributed by atoms with Crippen molar-refractivity contribution in [1.29, 1.82) is 0 Å². The lowest BCUT2D eigenvalue weighted by Crippen LogP contribution is -2.49. The summed E-state index contributed by atoms with van der Waals surface area (Å²) in [5, 5.41) is 13.1. The van der Waals surface area contributed by atoms with Crippen LogP contribution in [-0.4, -0.2) is 44.8 Å². The first-order valence-electron chi connectivity index (χ1n) is 5.23. The molecule has 1 fully saturated rings. The van der Waals surface area contributed by atoms with Crippen molar-refractivity contribution in [2.24, 2.45) is 12.5 Å². The summed E-state index contributed by atoms with van der Waals surface area (Å²) in [5.41, 5.74) is -1.51. The third kappa shape index (κ3) is 1.93. The molecule has 1 unspecified atom stereocenters. The number of ketones is 1. The number of Topliss-reactive ketones (excluding diaryl/α,β-unsaturated/α-hetero) is 1. The van der Waals surface area contributed by atoms with E-state index in [0.29, 0.717) is 5.82 Å². The number of hydrogen-bond donors (Lipinski definition) is 1. The molecule has 0 spiro atoms. The Hall–Kier alpha value is -1.76. The van der Waals surface area contributed by atoms with E-state index in [2.05, 4.69) is 10.1 Å². The molecule has 0 saturated carbocycles. The topological polar surface area (TPSA) is 94.3 Å². The second kappa shape index (κ2) is 4.25. The van der Waals surface area contributed by atoms with Gasteiger partial charge in [0, 0.05) is 19.9 Å². The highest BCUT2D eigenvalue weighted by Gasteiger charge is 2.48. The van der Waals surface area contributed by atoms with E-state index in [9.17, 15) is 14.7 Å². The summed E-state index contributed by atoms with van der Waals surface area (Å²) < 4.78 is 6.61. The van der Waals surface area contributed by atoms with Crippen LogP contribution in [0.15, 0.2) is 6.33 Å². The van der Waals surface area contributed by atoms with Gasteiger partial charge in [-0.1, -0.05) is 0 Å². The molecule has 1 saturated heterocycles. The molecule has 0 bridgehead atoms. The molecule has 1 aliphatic rings. The van der Waals surface area contributed by atoms with Gasteiger partial charge in [-0.2, -0.15) is 5.10 Å². The normalized spacial score (nSPS) is 24.9. The number of nitrogens with zero attached hydrogens (tertiary/aromatic N) is 3. The number of aromatic nitrogens is 3. The van der Waals surface area contributed by atoms with E-state index in [1.54, 1.807) is 7.05 Å². The average molecular weight is 239 g/mol. The van der Waals surface area contributed by atoms with Crippen LogP contribution in [0, 0.1) is 5.41 Å². The summed E-state index contributed by atoms with van der Waals surface area (Å²) >= 11 is 0. The minimum atomic E-state index is -1.51. The van der Waals surface area contributed by atoms with Crippen molar-refractivity contribution in [3.63, 3.8) is 0 Å². The Labute approximate surface area is 97.4 Å². The van der Waals surface area contributed by atoms with Gasteiger partial charge in [0.25, 0.3) is 0 Å². The molecule has 7 heteroatoms. The van der Waals surface area contributed by atoms with Gasteiger partial charge in [-0.05, 0) is 0 Å². The SMILES string of the molecule is Cn1ncnc1CC1(C(=O)O)COCCC1=O. The lowest BCUT2D eigenvalue weighted by molar-refractivity contribution is -0.164. The van der Waals surface area contributed by atoms with Crippen LogP contribution < -0.4 is 0 Å². The lowest BCUT2D eigenvalue weighted by atomic mass is 9.78. The Kier molecular flexibility index (Phi) is 2.93. The fraction of sp³-hybridized carbons (Fsp3) is 0.600. The van der Waals surface area contributed by atoms with Crippen LogP contribution in [0.5, 0.6) is 0 Å². The van der Waals surface area contributed by atoms with Gasteiger partial charge in [0.15, 0.2) is 11.2 Å². The van der Waals surface area contributed by atoms with E-state index < -0.39 is 11.4 Å². The van der Waals surface area contributed by atoms with Gasteiger partial charge in [0.05, 0.1) is 13.2 Å². The predicted octanol–water partition coefficient (Wildman–Crippen LogP) is -0.582. The summed E-state index contributed by atoms with van der Waals surface area (Å²) in [6.45, 7) is 0.181. The number of carboxylic acid groups (broad SMARTS) is 1. The number of carbonyl (C=O) groups is 2. The Morgan fingerprint density at radius 1 is 1.71 bits per heavy atom. The monoisotopic (exact) mass is 239 g/mol. The molecular formula is C10H13N3O4. The van der Waals surface area contributed by atoms with Crippen LogP contribution in [0.3, 0.4) is 0 Å². The maximum atomic E-state index is 11.9. The van der Waals surface area contributed by atoms with Crippen molar-refractivity contribution in [2.45, 2.75) is 12.8 Å². The van der Waals surface area contributed by atoms with Crippen LogP contribution in [0.2, 0.25) is 0 Å². The summed E-state index contributed by atoms with van der Waals surface area (Å²) in [6, 6.07) is 0. The van der Waals surface area contributed by atoms with E-state index >= 15 is 0 Å². The third-order valence-electron chi connectivity index (χ3n) is 3.03. The standard InChI is InChI=1S/C10H13N3O4/c1-13-8(11-6-12-13)4-10(9(15)16)5-17-3-2-7(10)14/h6H,2-5H2,1H3,(H,15,16). The zero-order valence-electron chi connectivity index (χ0n) is 9.42. The molecule has 1 N–H and O–H groups in total. The fourth-order valence-corrected chi connectivity index (χ4v) is 1.89. The number of carbonyl (C=O) groups excluding carboxylic acids is 1. The summed E-state index contributed by atoms with van der Waals surface area (Å²) in [4.78, 5) is 27.2. The smallest absolute Gasteiger partial charge is 0.320 e. The van der Waals surface area contributed by atoms with Crippen LogP contribution in [0.1, 0.15) is 12.2 Å². The number of aryl methyl sites for hydroxylation is 1. The van der Waals surface area contributed by atoms with E-state index in [-0.39, 0.29) is 31.8 Å². The predicted molar refractivity (Wildman–Crippen MR) is 55.2 cm³/mol. The van der Waals surface area contributed by atoms with Crippen molar-refractivity contribution in [1.82, 2.24) is 14.8 Å². The minimum absolute atomic E-state index is 0.0116. The number of carboxylic acids is 1. The van der Waals surface area contributed by atoms with Crippen molar-refractivity contribution in [3.8, 4) is 0 Å². The molecule has 1 aromatic heterocycles. The van der Waals surface area contributed by atoms with Crippen LogP contribution in [0.4, 0.5) is 0 Å². The summed E-state index contributed by atoms with van der Waals surface area (Å²) in [5.74, 6) is -1.00. The maximum Gasteiger partial charge on any atom is 0.320 e. The molecule has 0 aromatic carbocycles. The zero-order valence-corrected chi connectivity index (χ0v) is 9.42. The Morgan fingerprint density at radius 2 is 2.47 bits per heavy atom. The van der Waals surface area contributed by atoms with Crippen molar-refractivity contribution >= 4 is 11.8 Å². The first-order chi connectivity index (χ1) is 8.06. The van der Waals surface area contributed by atoms with Gasteiger partial charge in [-0.25, -0.2) is 4.98 Å². The molecule has 0 aliphatic carbocycles. The molecule has 17 heavy (non-hydrogen) atoms. The van der Waals surface area contributed by atoms with Gasteiger partial charge in [0.2, 0.25) is 0 Å². The highest BCUT2D eigenvalue weighted by atomic mass is 16.5. The van der Waals surface area contributed by atoms with E-state index in [0.717, 1.165) is 0 Å². The van der Waals surface area contributed by atoms with Gasteiger partial charge < -0.3 is 9.84 Å². The van der Waals surface area contributed by atoms with Crippen LogP contribution in [-0.2, 0) is 27.8 Å². The Morgan fingerprint density at radius 3 is 3.00 bits per heavy atom. The zero-order chi connectivity index (χ0) is 12.5. The van der Waals surface area contributed by atoms with Gasteiger partial charge in [-0.15, -0.1) is 0 Å². The highest BCUT2D eigenvalue weighted by Crippen LogP contribution is 2.29. The fourth-order valence-electron chi connectivity index (χ4n) is 1.89. The largest absolute Gasteiger partial charge is 0.480 e. The second-order valence-corrected chi connectivity index (χ2v) is 4.09. The first-order valence-corrected chi connectivity index (χ1v) is 5.23. The maximum absolute atomic E-state index is 11.9. The molecule has 0 amide bonds. The van der Waals surface area contributed by atoms with Crippen molar-refractivity contribution in [2.75, 3.05) is 13.2 Å². The molecule has 0 radical (unpaired) electrons. The number of rotatable bonds is 3. The molecule has 7 nitrogen and oxygen atoms in total. The molecule has 2 heterocycles. The Bertz CT molecular complexity index is 456. The van der Waals surface area contributed by atoms with E-state index in [1.807, 2.05) is 0 Å². The van der Waals surface area contributed by atoms with Crippen LogP contribution >= 0.6 is 0 Å². The molecule has 1 atom stereocenters. The van der Waals surface area contributed by atoms with Crippen LogP contribution in [0.25, 0.3) is 0 Å². The molecule has 1 aliphatic heterocycles. The molecular weight excluding hydrogens is 226 g/mol. The summed E-state index contributed by atoms with van der Waals surface area (Å²) in [6.07, 6.45) is 1.47. The van der Waals surface area contributed by atoms with Crippen molar-refractivity contribution in [3.05, 3.63) is 12.2 Å². The van der Waals surface area contributed by atoms with Gasteiger partial charge in [-0.3, -0.25) is 14.3 Å². The summed E-state index contributed by atoms with van der Waals surface area (Å²) in [7, 11) is 1.66. The lowest BCUT2D eigenvalue weighted by Gasteiger charge is -2.30. The van der Waals surface area contributed by atoms with Crippen molar-refractivity contribution < 1.29 is 19.4 Å². The quantitative estimate of drug-likeness (QED) is 0.709. The first kappa shape index (κ1) is 11.7.